The Hall–Kier alpha value is -2.99. The van der Waals surface area contributed by atoms with Crippen molar-refractivity contribution in [1.29, 1.82) is 0 Å². The van der Waals surface area contributed by atoms with Gasteiger partial charge >= 0.3 is 5.97 Å². The van der Waals surface area contributed by atoms with Crippen LogP contribution in [-0.4, -0.2) is 29.0 Å². The van der Waals surface area contributed by atoms with Crippen LogP contribution in [0.5, 0.6) is 0 Å². The molecular weight excluding hydrogens is 378 g/mol. The highest BCUT2D eigenvalue weighted by atomic mass is 35.5. The number of hydrogen-bond acceptors (Lipinski definition) is 5. The van der Waals surface area contributed by atoms with Crippen LogP contribution in [0.4, 0.5) is 0 Å². The zero-order valence-electron chi connectivity index (χ0n) is 15.8. The van der Waals surface area contributed by atoms with Crippen molar-refractivity contribution in [2.24, 2.45) is 0 Å². The highest BCUT2D eigenvalue weighted by Crippen LogP contribution is 2.21. The third-order valence-corrected chi connectivity index (χ3v) is 4.77. The Labute approximate surface area is 167 Å². The minimum Gasteiger partial charge on any atom is -0.469 e. The summed E-state index contributed by atoms with van der Waals surface area (Å²) in [7, 11) is 1.31. The number of nitrogens with one attached hydrogen (secondary N) is 1. The number of carbonyl (C=O) groups excluding carboxylic acids is 2. The number of benzene rings is 2. The molecule has 1 aromatic heterocycles. The van der Waals surface area contributed by atoms with Crippen LogP contribution in [0, 0.1) is 13.8 Å². The fourth-order valence-electron chi connectivity index (χ4n) is 2.81. The van der Waals surface area contributed by atoms with Gasteiger partial charge in [0, 0.05) is 10.6 Å². The van der Waals surface area contributed by atoms with Crippen LogP contribution in [0.3, 0.4) is 0 Å². The van der Waals surface area contributed by atoms with E-state index in [0.717, 1.165) is 22.5 Å². The molecule has 0 saturated carbocycles. The highest BCUT2D eigenvalue weighted by Gasteiger charge is 2.20. The van der Waals surface area contributed by atoms with Gasteiger partial charge in [0.25, 0.3) is 5.91 Å². The third-order valence-electron chi connectivity index (χ3n) is 4.51. The molecule has 7 heteroatoms. The first-order valence-electron chi connectivity index (χ1n) is 8.75. The fraction of sp³-hybridized carbons (Fsp3) is 0.238. The molecule has 1 amide bonds. The SMILES string of the molecule is COC(=O)CC(NC(=O)c1ccc2nc(C)c(C)nc2c1)c1ccc(Cl)cc1. The van der Waals surface area contributed by atoms with Crippen LogP contribution < -0.4 is 5.32 Å². The second-order valence-electron chi connectivity index (χ2n) is 6.46. The fourth-order valence-corrected chi connectivity index (χ4v) is 2.94. The van der Waals surface area contributed by atoms with Crippen molar-refractivity contribution in [3.05, 3.63) is 70.0 Å². The van der Waals surface area contributed by atoms with E-state index in [2.05, 4.69) is 15.3 Å². The van der Waals surface area contributed by atoms with Gasteiger partial charge in [-0.3, -0.25) is 9.59 Å². The van der Waals surface area contributed by atoms with E-state index in [4.69, 9.17) is 16.3 Å². The molecule has 1 N–H and O–H groups in total. The van der Waals surface area contributed by atoms with Crippen molar-refractivity contribution in [1.82, 2.24) is 15.3 Å². The topological polar surface area (TPSA) is 81.2 Å². The Morgan fingerprint density at radius 2 is 1.68 bits per heavy atom. The lowest BCUT2D eigenvalue weighted by Crippen LogP contribution is -2.30. The van der Waals surface area contributed by atoms with Gasteiger partial charge in [-0.1, -0.05) is 23.7 Å². The summed E-state index contributed by atoms with van der Waals surface area (Å²) in [4.78, 5) is 33.6. The number of aryl methyl sites for hydroxylation is 2. The lowest BCUT2D eigenvalue weighted by Gasteiger charge is -2.18. The zero-order chi connectivity index (χ0) is 20.3. The average molecular weight is 398 g/mol. The van der Waals surface area contributed by atoms with Gasteiger partial charge in [0.2, 0.25) is 0 Å². The normalized spacial score (nSPS) is 11.9. The number of esters is 1. The van der Waals surface area contributed by atoms with Crippen molar-refractivity contribution in [2.75, 3.05) is 7.11 Å². The summed E-state index contributed by atoms with van der Waals surface area (Å²) < 4.78 is 4.76. The Morgan fingerprint density at radius 3 is 2.32 bits per heavy atom. The molecule has 0 bridgehead atoms. The van der Waals surface area contributed by atoms with Gasteiger partial charge in [-0.05, 0) is 49.7 Å². The molecular formula is C21H20ClN3O3. The maximum atomic E-state index is 12.8. The van der Waals surface area contributed by atoms with Gasteiger partial charge in [-0.25, -0.2) is 9.97 Å². The molecule has 1 atom stereocenters. The van der Waals surface area contributed by atoms with Crippen LogP contribution in [-0.2, 0) is 9.53 Å². The predicted octanol–water partition coefficient (Wildman–Crippen LogP) is 3.93. The number of aromatic nitrogens is 2. The maximum Gasteiger partial charge on any atom is 0.307 e. The van der Waals surface area contributed by atoms with Crippen LogP contribution in [0.25, 0.3) is 11.0 Å². The van der Waals surface area contributed by atoms with Crippen LogP contribution in [0.15, 0.2) is 42.5 Å². The summed E-state index contributed by atoms with van der Waals surface area (Å²) in [5, 5.41) is 3.47. The van der Waals surface area contributed by atoms with Crippen molar-refractivity contribution >= 4 is 34.5 Å². The number of methoxy groups -OCH3 is 1. The molecule has 2 aromatic carbocycles. The van der Waals surface area contributed by atoms with E-state index in [1.807, 2.05) is 13.8 Å². The monoisotopic (exact) mass is 397 g/mol. The van der Waals surface area contributed by atoms with Crippen LogP contribution in [0.1, 0.15) is 39.8 Å². The molecule has 0 aliphatic carbocycles. The summed E-state index contributed by atoms with van der Waals surface area (Å²) in [5.41, 5.74) is 4.24. The minimum absolute atomic E-state index is 0.00949. The largest absolute Gasteiger partial charge is 0.469 e. The smallest absolute Gasteiger partial charge is 0.307 e. The van der Waals surface area contributed by atoms with E-state index < -0.39 is 12.0 Å². The second kappa shape index (κ2) is 8.35. The molecule has 0 spiro atoms. The van der Waals surface area contributed by atoms with Crippen molar-refractivity contribution in [3.63, 3.8) is 0 Å². The van der Waals surface area contributed by atoms with Gasteiger partial charge in [0.15, 0.2) is 0 Å². The number of fused-ring (bicyclic) bond motifs is 1. The summed E-state index contributed by atoms with van der Waals surface area (Å²) in [6.07, 6.45) is 0.00949. The van der Waals surface area contributed by atoms with E-state index in [9.17, 15) is 9.59 Å². The van der Waals surface area contributed by atoms with E-state index in [0.29, 0.717) is 16.1 Å². The number of halogens is 1. The van der Waals surface area contributed by atoms with E-state index in [-0.39, 0.29) is 12.3 Å². The molecule has 28 heavy (non-hydrogen) atoms. The minimum atomic E-state index is -0.543. The van der Waals surface area contributed by atoms with E-state index in [1.54, 1.807) is 42.5 Å². The number of ether oxygens (including phenoxy) is 1. The molecule has 1 unspecified atom stereocenters. The highest BCUT2D eigenvalue weighted by molar-refractivity contribution is 6.30. The van der Waals surface area contributed by atoms with Gasteiger partial charge in [-0.2, -0.15) is 0 Å². The van der Waals surface area contributed by atoms with Crippen molar-refractivity contribution < 1.29 is 14.3 Å². The van der Waals surface area contributed by atoms with E-state index >= 15 is 0 Å². The lowest BCUT2D eigenvalue weighted by atomic mass is 10.0. The molecule has 0 aliphatic rings. The molecule has 3 aromatic rings. The van der Waals surface area contributed by atoms with Crippen LogP contribution in [0.2, 0.25) is 5.02 Å². The number of amides is 1. The summed E-state index contributed by atoms with van der Waals surface area (Å²) in [5.74, 6) is -0.735. The molecule has 0 aliphatic heterocycles. The van der Waals surface area contributed by atoms with Gasteiger partial charge in [0.1, 0.15) is 0 Å². The number of rotatable bonds is 5. The first-order valence-corrected chi connectivity index (χ1v) is 9.13. The zero-order valence-corrected chi connectivity index (χ0v) is 16.6. The number of carbonyl (C=O) groups is 2. The molecule has 1 heterocycles. The Kier molecular flexibility index (Phi) is 5.90. The molecule has 0 saturated heterocycles. The summed E-state index contributed by atoms with van der Waals surface area (Å²) in [6.45, 7) is 3.77. The van der Waals surface area contributed by atoms with Crippen molar-refractivity contribution in [3.8, 4) is 0 Å². The van der Waals surface area contributed by atoms with Gasteiger partial charge in [-0.15, -0.1) is 0 Å². The average Bonchev–Trinajstić information content (AvgIpc) is 2.68. The lowest BCUT2D eigenvalue weighted by molar-refractivity contribution is -0.141. The standard InChI is InChI=1S/C21H20ClN3O3/c1-12-13(2)24-19-10-15(6-9-17(19)23-12)21(27)25-18(11-20(26)28-3)14-4-7-16(22)8-5-14/h4-10,18H,11H2,1-3H3,(H,25,27). The van der Waals surface area contributed by atoms with Gasteiger partial charge < -0.3 is 10.1 Å². The van der Waals surface area contributed by atoms with Crippen molar-refractivity contribution in [2.45, 2.75) is 26.3 Å². The van der Waals surface area contributed by atoms with E-state index in [1.165, 1.54) is 7.11 Å². The molecule has 3 rings (SSSR count). The molecule has 6 nitrogen and oxygen atoms in total. The predicted molar refractivity (Wildman–Crippen MR) is 107 cm³/mol. The van der Waals surface area contributed by atoms with Crippen LogP contribution >= 0.6 is 11.6 Å². The third kappa shape index (κ3) is 4.46. The summed E-state index contributed by atoms with van der Waals surface area (Å²) in [6, 6.07) is 11.6. The summed E-state index contributed by atoms with van der Waals surface area (Å²) >= 11 is 5.94. The Morgan fingerprint density at radius 1 is 1.04 bits per heavy atom. The molecule has 0 radical (unpaired) electrons. The maximum absolute atomic E-state index is 12.8. The first-order chi connectivity index (χ1) is 13.4. The quantitative estimate of drug-likeness (QED) is 0.659. The second-order valence-corrected chi connectivity index (χ2v) is 6.89. The number of hydrogen-bond donors (Lipinski definition) is 1. The first kappa shape index (κ1) is 19.8. The number of nitrogens with zero attached hydrogens (tertiary/aromatic N) is 2. The Bertz CT molecular complexity index is 1030. The van der Waals surface area contributed by atoms with Gasteiger partial charge in [0.05, 0.1) is 42.0 Å². The molecule has 0 fully saturated rings. The Balaban J connectivity index is 1.88. The molecule has 144 valence electrons.